The van der Waals surface area contributed by atoms with Crippen molar-refractivity contribution in [1.29, 1.82) is 5.26 Å². The Morgan fingerprint density at radius 3 is 2.55 bits per heavy atom. The summed E-state index contributed by atoms with van der Waals surface area (Å²) in [5.41, 5.74) is 7.12. The molecule has 0 spiro atoms. The monoisotopic (exact) mass is 443 g/mol. The molecule has 1 aromatic heterocycles. The molecule has 0 saturated heterocycles. The standard InChI is InChI=1S/C23H20F3N3OS/c1-12-10-14(13(2)31-12)20-15(11-27)22(28)29(18-8-5-9-19(30)21(18)20)17-7-4-3-6-16(17)23(24,25)26/h3-4,6-7,10,20H,5,8-9,28H2,1-2H3. The highest BCUT2D eigenvalue weighted by Crippen LogP contribution is 2.49. The lowest BCUT2D eigenvalue weighted by Gasteiger charge is -2.40. The molecule has 1 atom stereocenters. The summed E-state index contributed by atoms with van der Waals surface area (Å²) >= 11 is 1.55. The summed E-state index contributed by atoms with van der Waals surface area (Å²) in [6.45, 7) is 3.85. The minimum atomic E-state index is -4.61. The van der Waals surface area contributed by atoms with Crippen molar-refractivity contribution in [3.8, 4) is 6.07 Å². The zero-order chi connectivity index (χ0) is 22.5. The molecule has 31 heavy (non-hydrogen) atoms. The van der Waals surface area contributed by atoms with E-state index in [-0.39, 0.29) is 22.9 Å². The topological polar surface area (TPSA) is 70.1 Å². The number of halogens is 3. The van der Waals surface area contributed by atoms with Gasteiger partial charge in [-0.3, -0.25) is 9.69 Å². The molecule has 2 N–H and O–H groups in total. The lowest BCUT2D eigenvalue weighted by molar-refractivity contribution is -0.137. The van der Waals surface area contributed by atoms with E-state index in [2.05, 4.69) is 6.07 Å². The number of alkyl halides is 3. The number of nitrogens with zero attached hydrogens (tertiary/aromatic N) is 2. The van der Waals surface area contributed by atoms with Gasteiger partial charge < -0.3 is 5.73 Å². The maximum Gasteiger partial charge on any atom is 0.418 e. The molecule has 4 nitrogen and oxygen atoms in total. The largest absolute Gasteiger partial charge is 0.418 e. The van der Waals surface area contributed by atoms with Crippen molar-refractivity contribution in [2.75, 3.05) is 4.90 Å². The fourth-order valence-corrected chi connectivity index (χ4v) is 5.48. The van der Waals surface area contributed by atoms with Crippen LogP contribution in [0.25, 0.3) is 0 Å². The summed E-state index contributed by atoms with van der Waals surface area (Å²) in [5, 5.41) is 9.99. The summed E-state index contributed by atoms with van der Waals surface area (Å²) in [4.78, 5) is 16.3. The molecule has 4 rings (SSSR count). The van der Waals surface area contributed by atoms with E-state index in [9.17, 15) is 23.2 Å². The number of nitriles is 1. The van der Waals surface area contributed by atoms with Crippen LogP contribution in [0.4, 0.5) is 18.9 Å². The summed E-state index contributed by atoms with van der Waals surface area (Å²) in [6.07, 6.45) is -3.39. The average Bonchev–Trinajstić information content (AvgIpc) is 3.04. The Labute approximate surface area is 182 Å². The Balaban J connectivity index is 2.03. The lowest BCUT2D eigenvalue weighted by atomic mass is 9.75. The highest BCUT2D eigenvalue weighted by atomic mass is 32.1. The first-order valence-corrected chi connectivity index (χ1v) is 10.7. The van der Waals surface area contributed by atoms with Crippen LogP contribution in [0.3, 0.4) is 0 Å². The molecule has 0 amide bonds. The first-order valence-electron chi connectivity index (χ1n) is 9.84. The van der Waals surface area contributed by atoms with E-state index in [1.807, 2.05) is 19.9 Å². The number of ketones is 1. The highest BCUT2D eigenvalue weighted by molar-refractivity contribution is 7.12. The van der Waals surface area contributed by atoms with Gasteiger partial charge in [0.2, 0.25) is 0 Å². The van der Waals surface area contributed by atoms with Gasteiger partial charge in [0.15, 0.2) is 5.78 Å². The number of para-hydroxylation sites is 1. The molecule has 8 heteroatoms. The second-order valence-corrected chi connectivity index (χ2v) is 9.16. The van der Waals surface area contributed by atoms with Crippen LogP contribution in [0.5, 0.6) is 0 Å². The van der Waals surface area contributed by atoms with Crippen molar-refractivity contribution >= 4 is 22.8 Å². The third-order valence-electron chi connectivity index (χ3n) is 5.75. The van der Waals surface area contributed by atoms with E-state index in [4.69, 9.17) is 5.73 Å². The highest BCUT2D eigenvalue weighted by Gasteiger charge is 2.43. The number of carbonyl (C=O) groups excluding carboxylic acids is 1. The minimum Gasteiger partial charge on any atom is -0.384 e. The van der Waals surface area contributed by atoms with Gasteiger partial charge >= 0.3 is 6.18 Å². The van der Waals surface area contributed by atoms with Crippen LogP contribution < -0.4 is 10.6 Å². The molecule has 2 aromatic rings. The van der Waals surface area contributed by atoms with Crippen LogP contribution in [0.15, 0.2) is 53.0 Å². The normalized spacial score (nSPS) is 19.5. The van der Waals surface area contributed by atoms with Crippen molar-refractivity contribution in [2.24, 2.45) is 5.73 Å². The third kappa shape index (κ3) is 3.43. The average molecular weight is 443 g/mol. The molecule has 0 saturated carbocycles. The number of thiophene rings is 1. The minimum absolute atomic E-state index is 0.0547. The zero-order valence-corrected chi connectivity index (χ0v) is 17.8. The maximum atomic E-state index is 13.8. The van der Waals surface area contributed by atoms with Gasteiger partial charge in [-0.25, -0.2) is 0 Å². The Kier molecular flexibility index (Phi) is 5.18. The SMILES string of the molecule is Cc1cc(C2C(C#N)=C(N)N(c3ccccc3C(F)(F)F)C3=C2C(=O)CCC3)c(C)s1. The van der Waals surface area contributed by atoms with Gasteiger partial charge in [0.25, 0.3) is 0 Å². The number of aryl methyl sites for hydroxylation is 2. The van der Waals surface area contributed by atoms with Crippen LogP contribution in [-0.4, -0.2) is 5.78 Å². The van der Waals surface area contributed by atoms with E-state index in [0.29, 0.717) is 30.5 Å². The first kappa shape index (κ1) is 21.2. The summed E-state index contributed by atoms with van der Waals surface area (Å²) in [7, 11) is 0. The van der Waals surface area contributed by atoms with Gasteiger partial charge in [-0.05, 0) is 50.5 Å². The third-order valence-corrected chi connectivity index (χ3v) is 6.74. The summed E-state index contributed by atoms with van der Waals surface area (Å²) in [6, 6.07) is 9.15. The van der Waals surface area contributed by atoms with E-state index >= 15 is 0 Å². The molecular formula is C23H20F3N3OS. The quantitative estimate of drug-likeness (QED) is 0.648. The Hall–Kier alpha value is -3.05. The van der Waals surface area contributed by atoms with E-state index in [1.54, 1.807) is 11.3 Å². The number of Topliss-reactive ketones (excluding diaryl/α,β-unsaturated/α-hetero) is 1. The number of anilines is 1. The lowest BCUT2D eigenvalue weighted by Crippen LogP contribution is -2.39. The van der Waals surface area contributed by atoms with Crippen LogP contribution in [0.1, 0.15) is 46.1 Å². The van der Waals surface area contributed by atoms with Gasteiger partial charge in [0.05, 0.1) is 28.8 Å². The van der Waals surface area contributed by atoms with E-state index in [0.717, 1.165) is 21.4 Å². The van der Waals surface area contributed by atoms with Crippen molar-refractivity contribution in [2.45, 2.75) is 45.2 Å². The maximum absolute atomic E-state index is 13.8. The fourth-order valence-electron chi connectivity index (χ4n) is 4.52. The number of carbonyl (C=O) groups is 1. The molecule has 1 aliphatic carbocycles. The van der Waals surface area contributed by atoms with Crippen LogP contribution >= 0.6 is 11.3 Å². The number of rotatable bonds is 2. The van der Waals surface area contributed by atoms with Crippen molar-refractivity contribution in [3.05, 3.63) is 73.9 Å². The van der Waals surface area contributed by atoms with Gasteiger partial charge in [0, 0.05) is 27.4 Å². The predicted molar refractivity (Wildman–Crippen MR) is 113 cm³/mol. The van der Waals surface area contributed by atoms with Gasteiger partial charge in [0.1, 0.15) is 5.82 Å². The molecule has 1 unspecified atom stereocenters. The van der Waals surface area contributed by atoms with E-state index in [1.165, 1.54) is 23.1 Å². The van der Waals surface area contributed by atoms with E-state index < -0.39 is 17.7 Å². The van der Waals surface area contributed by atoms with Crippen molar-refractivity contribution in [1.82, 2.24) is 0 Å². The Morgan fingerprint density at radius 2 is 1.94 bits per heavy atom. The number of hydrogen-bond acceptors (Lipinski definition) is 5. The molecule has 160 valence electrons. The Morgan fingerprint density at radius 1 is 1.23 bits per heavy atom. The van der Waals surface area contributed by atoms with Gasteiger partial charge in [-0.15, -0.1) is 11.3 Å². The Bertz CT molecular complexity index is 1180. The summed E-state index contributed by atoms with van der Waals surface area (Å²) < 4.78 is 41.3. The van der Waals surface area contributed by atoms with Gasteiger partial charge in [-0.1, -0.05) is 12.1 Å². The molecule has 2 heterocycles. The van der Waals surface area contributed by atoms with Crippen molar-refractivity contribution < 1.29 is 18.0 Å². The fraction of sp³-hybridized carbons (Fsp3) is 0.304. The van der Waals surface area contributed by atoms with Gasteiger partial charge in [-0.2, -0.15) is 18.4 Å². The molecule has 0 radical (unpaired) electrons. The van der Waals surface area contributed by atoms with Crippen LogP contribution in [-0.2, 0) is 11.0 Å². The predicted octanol–water partition coefficient (Wildman–Crippen LogP) is 5.69. The van der Waals surface area contributed by atoms with Crippen LogP contribution in [0.2, 0.25) is 0 Å². The number of allylic oxidation sites excluding steroid dienone is 3. The molecule has 2 aliphatic rings. The number of benzene rings is 1. The smallest absolute Gasteiger partial charge is 0.384 e. The molecule has 0 bridgehead atoms. The van der Waals surface area contributed by atoms with Crippen molar-refractivity contribution in [3.63, 3.8) is 0 Å². The molecule has 1 aliphatic heterocycles. The summed E-state index contributed by atoms with van der Waals surface area (Å²) in [5.74, 6) is -0.864. The van der Waals surface area contributed by atoms with Crippen LogP contribution in [0, 0.1) is 25.2 Å². The molecular weight excluding hydrogens is 423 g/mol. The first-order chi connectivity index (χ1) is 14.6. The zero-order valence-electron chi connectivity index (χ0n) is 17.0. The second kappa shape index (κ2) is 7.57. The number of hydrogen-bond donors (Lipinski definition) is 1. The molecule has 0 fully saturated rings. The number of nitrogens with two attached hydrogens (primary N) is 1. The molecule has 1 aromatic carbocycles. The second-order valence-electron chi connectivity index (χ2n) is 7.70.